The summed E-state index contributed by atoms with van der Waals surface area (Å²) in [6.45, 7) is 7.45. The Morgan fingerprint density at radius 3 is 2.85 bits per heavy atom. The van der Waals surface area contributed by atoms with Gasteiger partial charge in [-0.05, 0) is 31.4 Å². The largest absolute Gasteiger partial charge is 0.400 e. The molecule has 0 aromatic heterocycles. The molecule has 2 unspecified atom stereocenters. The van der Waals surface area contributed by atoms with Crippen LogP contribution < -0.4 is 5.40 Å². The van der Waals surface area contributed by atoms with Gasteiger partial charge >= 0.3 is 0 Å². The van der Waals surface area contributed by atoms with Gasteiger partial charge in [0.05, 0.1) is 0 Å². The van der Waals surface area contributed by atoms with Crippen LogP contribution in [0.25, 0.3) is 0 Å². The highest BCUT2D eigenvalue weighted by atomic mass is 28.4. The molecule has 1 fully saturated rings. The van der Waals surface area contributed by atoms with Crippen molar-refractivity contribution in [3.63, 3.8) is 0 Å². The second-order valence-electron chi connectivity index (χ2n) is 3.71. The van der Waals surface area contributed by atoms with Gasteiger partial charge in [0.2, 0.25) is 0 Å². The molecule has 0 aromatic carbocycles. The van der Waals surface area contributed by atoms with Gasteiger partial charge in [0.1, 0.15) is 0 Å². The first kappa shape index (κ1) is 10.7. The molecule has 0 aromatic rings. The Hall–Kier alpha value is -0.383. The van der Waals surface area contributed by atoms with Crippen molar-refractivity contribution in [2.45, 2.75) is 37.5 Å². The summed E-state index contributed by atoms with van der Waals surface area (Å²) in [5, 5.41) is 6.20. The van der Waals surface area contributed by atoms with E-state index in [4.69, 9.17) is 9.83 Å². The van der Waals surface area contributed by atoms with Crippen molar-refractivity contribution in [1.82, 2.24) is 0 Å². The summed E-state index contributed by atoms with van der Waals surface area (Å²) in [6, 6.07) is 1.95. The number of nitrogens with two attached hydrogens (primary N) is 1. The van der Waals surface area contributed by atoms with Crippen LogP contribution in [0.5, 0.6) is 0 Å². The van der Waals surface area contributed by atoms with Gasteiger partial charge in [-0.15, -0.1) is 13.2 Å². The van der Waals surface area contributed by atoms with Gasteiger partial charge in [-0.3, -0.25) is 0 Å². The first-order valence-electron chi connectivity index (χ1n) is 4.89. The third-order valence-corrected chi connectivity index (χ3v) is 5.43. The molecule has 74 valence electrons. The minimum Gasteiger partial charge on any atom is -0.400 e. The van der Waals surface area contributed by atoms with Crippen molar-refractivity contribution >= 4 is 8.48 Å². The molecule has 0 radical (unpaired) electrons. The lowest BCUT2D eigenvalue weighted by atomic mass is 10.1. The normalized spacial score (nSPS) is 34.1. The van der Waals surface area contributed by atoms with Crippen molar-refractivity contribution in [3.8, 4) is 0 Å². The fraction of sp³-hybridized carbons (Fsp3) is 0.600. The molecule has 2 atom stereocenters. The Morgan fingerprint density at radius 1 is 1.46 bits per heavy atom. The van der Waals surface area contributed by atoms with Crippen LogP contribution in [0.15, 0.2) is 25.3 Å². The number of rotatable bonds is 4. The van der Waals surface area contributed by atoms with E-state index in [2.05, 4.69) is 13.2 Å². The molecular formula is C10H19NOSi. The second-order valence-corrected chi connectivity index (χ2v) is 6.99. The SMILES string of the molecule is C=CCC1CCC[Si](N)(CC=C)O1. The Kier molecular flexibility index (Phi) is 3.90. The number of allylic oxidation sites excluding steroid dienone is 1. The highest BCUT2D eigenvalue weighted by Crippen LogP contribution is 2.27. The fourth-order valence-electron chi connectivity index (χ4n) is 1.83. The summed E-state index contributed by atoms with van der Waals surface area (Å²) in [7, 11) is -1.90. The van der Waals surface area contributed by atoms with E-state index in [-0.39, 0.29) is 0 Å². The molecule has 0 bridgehead atoms. The summed E-state index contributed by atoms with van der Waals surface area (Å²) in [5.74, 6) is 0. The molecular weight excluding hydrogens is 178 g/mol. The summed E-state index contributed by atoms with van der Waals surface area (Å²) >= 11 is 0. The molecule has 0 saturated carbocycles. The van der Waals surface area contributed by atoms with Gasteiger partial charge in [0, 0.05) is 6.10 Å². The third-order valence-electron chi connectivity index (χ3n) is 2.45. The maximum Gasteiger partial charge on any atom is 0.270 e. The van der Waals surface area contributed by atoms with Crippen molar-refractivity contribution in [1.29, 1.82) is 0 Å². The molecule has 2 N–H and O–H groups in total. The Labute approximate surface area is 81.7 Å². The maximum absolute atomic E-state index is 6.20. The Balaban J connectivity index is 2.48. The molecule has 1 aliphatic heterocycles. The molecule has 1 aliphatic rings. The van der Waals surface area contributed by atoms with E-state index in [9.17, 15) is 0 Å². The molecule has 1 rings (SSSR count). The summed E-state index contributed by atoms with van der Waals surface area (Å²) in [6.07, 6.45) is 7.40. The molecule has 1 heterocycles. The zero-order chi connectivity index (χ0) is 9.73. The molecule has 0 amide bonds. The van der Waals surface area contributed by atoms with Crippen LogP contribution >= 0.6 is 0 Å². The van der Waals surface area contributed by atoms with Crippen molar-refractivity contribution in [2.75, 3.05) is 0 Å². The lowest BCUT2D eigenvalue weighted by Gasteiger charge is -2.35. The highest BCUT2D eigenvalue weighted by Gasteiger charge is 2.35. The monoisotopic (exact) mass is 197 g/mol. The van der Waals surface area contributed by atoms with Gasteiger partial charge in [-0.1, -0.05) is 12.2 Å². The first-order chi connectivity index (χ1) is 6.20. The molecule has 2 nitrogen and oxygen atoms in total. The van der Waals surface area contributed by atoms with Crippen LogP contribution in [-0.2, 0) is 4.43 Å². The minimum atomic E-state index is -1.90. The molecule has 13 heavy (non-hydrogen) atoms. The van der Waals surface area contributed by atoms with E-state index in [1.54, 1.807) is 0 Å². The van der Waals surface area contributed by atoms with Crippen LogP contribution in [0.4, 0.5) is 0 Å². The standard InChI is InChI=1S/C10H19NOSi/c1-3-6-10-7-5-9-13(11,12-10)8-4-2/h3-4,10H,1-2,5-9,11H2. The fourth-order valence-corrected chi connectivity index (χ4v) is 4.41. The lowest BCUT2D eigenvalue weighted by Crippen LogP contribution is -2.53. The Morgan fingerprint density at radius 2 is 2.23 bits per heavy atom. The number of hydrogen-bond acceptors (Lipinski definition) is 2. The average molecular weight is 197 g/mol. The summed E-state index contributed by atoms with van der Waals surface area (Å²) in [4.78, 5) is 0. The molecule has 0 aliphatic carbocycles. The summed E-state index contributed by atoms with van der Waals surface area (Å²) in [5.41, 5.74) is 0. The van der Waals surface area contributed by atoms with E-state index in [0.717, 1.165) is 24.9 Å². The van der Waals surface area contributed by atoms with E-state index >= 15 is 0 Å². The predicted molar refractivity (Wildman–Crippen MR) is 58.7 cm³/mol. The minimum absolute atomic E-state index is 0.322. The Bertz CT molecular complexity index is 195. The van der Waals surface area contributed by atoms with Crippen molar-refractivity contribution < 1.29 is 4.43 Å². The van der Waals surface area contributed by atoms with Crippen LogP contribution in [0.2, 0.25) is 12.1 Å². The highest BCUT2D eigenvalue weighted by molar-refractivity contribution is 6.71. The number of hydrogen-bond donors (Lipinski definition) is 1. The smallest absolute Gasteiger partial charge is 0.270 e. The van der Waals surface area contributed by atoms with Crippen LogP contribution in [0.1, 0.15) is 19.3 Å². The molecule has 0 spiro atoms. The van der Waals surface area contributed by atoms with Gasteiger partial charge < -0.3 is 9.83 Å². The zero-order valence-corrected chi connectivity index (χ0v) is 9.17. The van der Waals surface area contributed by atoms with Gasteiger partial charge in [0.15, 0.2) is 0 Å². The van der Waals surface area contributed by atoms with Gasteiger partial charge in [-0.2, -0.15) is 0 Å². The van der Waals surface area contributed by atoms with E-state index in [0.29, 0.717) is 6.10 Å². The second kappa shape index (κ2) is 4.74. The third kappa shape index (κ3) is 3.10. The van der Waals surface area contributed by atoms with E-state index < -0.39 is 8.48 Å². The topological polar surface area (TPSA) is 35.2 Å². The zero-order valence-electron chi connectivity index (χ0n) is 8.17. The van der Waals surface area contributed by atoms with Crippen LogP contribution in [-0.4, -0.2) is 14.6 Å². The average Bonchev–Trinajstić information content (AvgIpc) is 2.04. The van der Waals surface area contributed by atoms with Crippen LogP contribution in [0, 0.1) is 0 Å². The maximum atomic E-state index is 6.20. The van der Waals surface area contributed by atoms with Crippen molar-refractivity contribution in [3.05, 3.63) is 25.3 Å². The molecule has 1 saturated heterocycles. The van der Waals surface area contributed by atoms with E-state index in [1.165, 1.54) is 6.42 Å². The van der Waals surface area contributed by atoms with Gasteiger partial charge in [-0.25, -0.2) is 0 Å². The summed E-state index contributed by atoms with van der Waals surface area (Å²) < 4.78 is 5.93. The quantitative estimate of drug-likeness (QED) is 0.554. The van der Waals surface area contributed by atoms with E-state index in [1.807, 2.05) is 12.2 Å². The van der Waals surface area contributed by atoms with Crippen LogP contribution in [0.3, 0.4) is 0 Å². The van der Waals surface area contributed by atoms with Crippen molar-refractivity contribution in [2.24, 2.45) is 5.40 Å². The lowest BCUT2D eigenvalue weighted by molar-refractivity contribution is 0.159. The predicted octanol–water partition coefficient (Wildman–Crippen LogP) is 2.33. The van der Waals surface area contributed by atoms with Gasteiger partial charge in [0.25, 0.3) is 8.48 Å². The first-order valence-corrected chi connectivity index (χ1v) is 7.28. The molecule has 3 heteroatoms.